The number of phenolic OH excluding ortho intramolecular Hbond substituents is 1. The van der Waals surface area contributed by atoms with Gasteiger partial charge in [0.2, 0.25) is 0 Å². The monoisotopic (exact) mass is 289 g/mol. The van der Waals surface area contributed by atoms with E-state index in [1.807, 2.05) is 0 Å². The van der Waals surface area contributed by atoms with Gasteiger partial charge >= 0.3 is 18.1 Å². The zero-order valence-corrected chi connectivity index (χ0v) is 10.3. The van der Waals surface area contributed by atoms with E-state index < -0.39 is 24.1 Å². The zero-order chi connectivity index (χ0) is 15.1. The molecule has 1 aliphatic heterocycles. The highest BCUT2D eigenvalue weighted by molar-refractivity contribution is 6.04. The van der Waals surface area contributed by atoms with Gasteiger partial charge in [0, 0.05) is 12.5 Å². The number of methoxy groups -OCH3 is 1. The molecular formula is C12H10F3NO4. The highest BCUT2D eigenvalue weighted by Crippen LogP contribution is 2.37. The largest absolute Gasteiger partial charge is 0.508 e. The molecule has 5 nitrogen and oxygen atoms in total. The average molecular weight is 289 g/mol. The highest BCUT2D eigenvalue weighted by atomic mass is 19.4. The molecule has 1 amide bonds. The minimum Gasteiger partial charge on any atom is -0.508 e. The summed E-state index contributed by atoms with van der Waals surface area (Å²) in [7, 11) is 1.03. The number of fused-ring (bicyclic) bond motifs is 1. The fourth-order valence-electron chi connectivity index (χ4n) is 2.13. The Morgan fingerprint density at radius 3 is 2.60 bits per heavy atom. The minimum absolute atomic E-state index is 0.0931. The number of carbonyl (C=O) groups excluding carboxylic acids is 2. The average Bonchev–Trinajstić information content (AvgIpc) is 2.74. The number of alkyl halides is 3. The number of aromatic hydroxyl groups is 1. The molecule has 1 aliphatic rings. The molecule has 0 saturated heterocycles. The molecule has 1 aromatic carbocycles. The number of nitrogens with zero attached hydrogens (tertiary/aromatic N) is 1. The van der Waals surface area contributed by atoms with Gasteiger partial charge in [0.15, 0.2) is 0 Å². The number of amides is 1. The molecule has 108 valence electrons. The maximum Gasteiger partial charge on any atom is 0.471 e. The van der Waals surface area contributed by atoms with E-state index in [0.29, 0.717) is 10.5 Å². The Bertz CT molecular complexity index is 570. The Morgan fingerprint density at radius 1 is 1.40 bits per heavy atom. The van der Waals surface area contributed by atoms with Crippen LogP contribution in [0.2, 0.25) is 0 Å². The normalized spacial score (nSPS) is 17.8. The molecule has 8 heteroatoms. The number of esters is 1. The summed E-state index contributed by atoms with van der Waals surface area (Å²) in [5.74, 6) is -3.41. The molecule has 0 spiro atoms. The summed E-state index contributed by atoms with van der Waals surface area (Å²) in [6.07, 6.45) is -5.22. The van der Waals surface area contributed by atoms with Gasteiger partial charge in [-0.3, -0.25) is 9.69 Å². The van der Waals surface area contributed by atoms with E-state index >= 15 is 0 Å². The molecule has 0 bridgehead atoms. The predicted molar refractivity (Wildman–Crippen MR) is 61.2 cm³/mol. The van der Waals surface area contributed by atoms with Crippen molar-refractivity contribution in [3.63, 3.8) is 0 Å². The lowest BCUT2D eigenvalue weighted by Crippen LogP contribution is -2.49. The van der Waals surface area contributed by atoms with Crippen molar-refractivity contribution in [3.8, 4) is 5.75 Å². The number of ether oxygens (including phenoxy) is 1. The van der Waals surface area contributed by atoms with Gasteiger partial charge in [0.25, 0.3) is 0 Å². The van der Waals surface area contributed by atoms with Gasteiger partial charge in [-0.25, -0.2) is 4.79 Å². The van der Waals surface area contributed by atoms with Gasteiger partial charge in [-0.2, -0.15) is 13.2 Å². The van der Waals surface area contributed by atoms with Crippen LogP contribution in [0.1, 0.15) is 5.56 Å². The summed E-state index contributed by atoms with van der Waals surface area (Å²) < 4.78 is 42.3. The molecule has 1 N–H and O–H groups in total. The lowest BCUT2D eigenvalue weighted by molar-refractivity contribution is -0.171. The van der Waals surface area contributed by atoms with E-state index in [2.05, 4.69) is 4.74 Å². The second-order valence-electron chi connectivity index (χ2n) is 4.23. The Kier molecular flexibility index (Phi) is 3.33. The van der Waals surface area contributed by atoms with E-state index in [0.717, 1.165) is 13.2 Å². The number of halogens is 3. The third-order valence-electron chi connectivity index (χ3n) is 2.99. The number of benzene rings is 1. The first-order valence-electron chi connectivity index (χ1n) is 5.56. The molecule has 20 heavy (non-hydrogen) atoms. The Hall–Kier alpha value is -2.25. The van der Waals surface area contributed by atoms with Crippen LogP contribution in [-0.4, -0.2) is 36.3 Å². The van der Waals surface area contributed by atoms with Crippen LogP contribution in [0.25, 0.3) is 0 Å². The standard InChI is InChI=1S/C12H10F3NO4/c1-20-10(18)9-4-6-2-3-7(17)5-8(6)16(9)11(19)12(13,14)15/h2-3,5,9,17H,4H2,1H3. The van der Waals surface area contributed by atoms with E-state index in [-0.39, 0.29) is 17.9 Å². The van der Waals surface area contributed by atoms with Crippen molar-refractivity contribution < 1.29 is 32.6 Å². The van der Waals surface area contributed by atoms with E-state index in [1.54, 1.807) is 0 Å². The summed E-state index contributed by atoms with van der Waals surface area (Å²) in [4.78, 5) is 23.4. The van der Waals surface area contributed by atoms with Crippen molar-refractivity contribution in [2.75, 3.05) is 12.0 Å². The van der Waals surface area contributed by atoms with Gasteiger partial charge in [-0.15, -0.1) is 0 Å². The summed E-state index contributed by atoms with van der Waals surface area (Å²) >= 11 is 0. The van der Waals surface area contributed by atoms with Crippen LogP contribution in [0, 0.1) is 0 Å². The van der Waals surface area contributed by atoms with Crippen molar-refractivity contribution in [2.24, 2.45) is 0 Å². The number of hydrogen-bond acceptors (Lipinski definition) is 4. The number of phenols is 1. The van der Waals surface area contributed by atoms with Gasteiger partial charge in [0.1, 0.15) is 11.8 Å². The zero-order valence-electron chi connectivity index (χ0n) is 10.3. The molecule has 1 unspecified atom stereocenters. The molecule has 1 atom stereocenters. The maximum absolute atomic E-state index is 12.6. The van der Waals surface area contributed by atoms with E-state index in [9.17, 15) is 27.9 Å². The minimum atomic E-state index is -5.13. The molecule has 0 aromatic heterocycles. The quantitative estimate of drug-likeness (QED) is 0.793. The summed E-state index contributed by atoms with van der Waals surface area (Å²) in [6.45, 7) is 0. The first-order chi connectivity index (χ1) is 9.25. The van der Waals surface area contributed by atoms with Crippen LogP contribution in [0.4, 0.5) is 18.9 Å². The molecule has 0 radical (unpaired) electrons. The van der Waals surface area contributed by atoms with Gasteiger partial charge < -0.3 is 9.84 Å². The number of rotatable bonds is 1. The molecule has 0 aliphatic carbocycles. The fourth-order valence-corrected chi connectivity index (χ4v) is 2.13. The van der Waals surface area contributed by atoms with Crippen LogP contribution in [0.5, 0.6) is 5.75 Å². The van der Waals surface area contributed by atoms with Crippen molar-refractivity contribution in [2.45, 2.75) is 18.6 Å². The van der Waals surface area contributed by atoms with Crippen LogP contribution >= 0.6 is 0 Å². The second-order valence-corrected chi connectivity index (χ2v) is 4.23. The first kappa shape index (κ1) is 14.2. The predicted octanol–water partition coefficient (Wildman–Crippen LogP) is 1.39. The van der Waals surface area contributed by atoms with Gasteiger partial charge in [-0.05, 0) is 11.6 Å². The van der Waals surface area contributed by atoms with Crippen molar-refractivity contribution in [1.29, 1.82) is 0 Å². The summed E-state index contributed by atoms with van der Waals surface area (Å²) in [5.41, 5.74) is 0.221. The molecule has 1 aromatic rings. The van der Waals surface area contributed by atoms with Crippen LogP contribution in [0.15, 0.2) is 18.2 Å². The fraction of sp³-hybridized carbons (Fsp3) is 0.333. The molecule has 0 saturated carbocycles. The first-order valence-corrected chi connectivity index (χ1v) is 5.56. The maximum atomic E-state index is 12.6. The van der Waals surface area contributed by atoms with Crippen molar-refractivity contribution >= 4 is 17.6 Å². The highest BCUT2D eigenvalue weighted by Gasteiger charge is 2.50. The molecule has 0 fully saturated rings. The topological polar surface area (TPSA) is 66.8 Å². The summed E-state index contributed by atoms with van der Waals surface area (Å²) in [6, 6.07) is 2.27. The Labute approximate surface area is 111 Å². The number of carbonyl (C=O) groups is 2. The van der Waals surface area contributed by atoms with Crippen molar-refractivity contribution in [3.05, 3.63) is 23.8 Å². The van der Waals surface area contributed by atoms with Crippen LogP contribution in [0.3, 0.4) is 0 Å². The van der Waals surface area contributed by atoms with Crippen LogP contribution in [-0.2, 0) is 20.7 Å². The second kappa shape index (κ2) is 4.69. The molecular weight excluding hydrogens is 279 g/mol. The number of hydrogen-bond donors (Lipinski definition) is 1. The number of anilines is 1. The molecule has 2 rings (SSSR count). The lowest BCUT2D eigenvalue weighted by Gasteiger charge is -2.24. The lowest BCUT2D eigenvalue weighted by atomic mass is 10.1. The Balaban J connectivity index is 2.50. The van der Waals surface area contributed by atoms with E-state index in [1.165, 1.54) is 12.1 Å². The summed E-state index contributed by atoms with van der Waals surface area (Å²) in [5, 5.41) is 9.35. The van der Waals surface area contributed by atoms with Crippen molar-refractivity contribution in [1.82, 2.24) is 0 Å². The van der Waals surface area contributed by atoms with E-state index in [4.69, 9.17) is 0 Å². The van der Waals surface area contributed by atoms with Gasteiger partial charge in [0.05, 0.1) is 12.8 Å². The third-order valence-corrected chi connectivity index (χ3v) is 2.99. The molecule has 1 heterocycles. The smallest absolute Gasteiger partial charge is 0.471 e. The SMILES string of the molecule is COC(=O)C1Cc2ccc(O)cc2N1C(=O)C(F)(F)F. The third kappa shape index (κ3) is 2.28. The Morgan fingerprint density at radius 2 is 2.05 bits per heavy atom. The van der Waals surface area contributed by atoms with Gasteiger partial charge in [-0.1, -0.05) is 6.07 Å². The van der Waals surface area contributed by atoms with Crippen LogP contribution < -0.4 is 4.90 Å².